The Bertz CT molecular complexity index is 586. The highest BCUT2D eigenvalue weighted by Crippen LogP contribution is 2.30. The molecule has 1 saturated heterocycles. The second kappa shape index (κ2) is 5.05. The van der Waals surface area contributed by atoms with Crippen LogP contribution in [0.15, 0.2) is 24.4 Å². The molecule has 0 aliphatic carbocycles. The summed E-state index contributed by atoms with van der Waals surface area (Å²) in [6, 6.07) is 6.23. The molecule has 3 N–H and O–H groups in total. The smallest absolute Gasteiger partial charge is 0.136 e. The van der Waals surface area contributed by atoms with Gasteiger partial charge in [-0.2, -0.15) is 0 Å². The van der Waals surface area contributed by atoms with Crippen molar-refractivity contribution in [1.82, 2.24) is 10.3 Å². The lowest BCUT2D eigenvalue weighted by molar-refractivity contribution is 0.724. The number of anilines is 2. The maximum Gasteiger partial charge on any atom is 0.136 e. The first-order valence-electron chi connectivity index (χ1n) is 6.87. The van der Waals surface area contributed by atoms with E-state index in [0.717, 1.165) is 60.4 Å². The van der Waals surface area contributed by atoms with Gasteiger partial charge in [0.05, 0.1) is 0 Å². The zero-order chi connectivity index (χ0) is 13.2. The van der Waals surface area contributed by atoms with E-state index >= 15 is 0 Å². The number of rotatable bonds is 1. The van der Waals surface area contributed by atoms with E-state index in [2.05, 4.69) is 27.3 Å². The van der Waals surface area contributed by atoms with Crippen molar-refractivity contribution in [2.75, 3.05) is 36.8 Å². The summed E-state index contributed by atoms with van der Waals surface area (Å²) in [5.74, 6) is 1.06. The van der Waals surface area contributed by atoms with Gasteiger partial charge in [0.15, 0.2) is 0 Å². The van der Waals surface area contributed by atoms with E-state index in [1.54, 1.807) is 0 Å². The van der Waals surface area contributed by atoms with E-state index in [1.807, 2.05) is 19.2 Å². The fourth-order valence-electron chi connectivity index (χ4n) is 2.68. The Hall–Kier alpha value is -1.81. The Labute approximate surface area is 113 Å². The fourth-order valence-corrected chi connectivity index (χ4v) is 2.68. The minimum absolute atomic E-state index is 0.870. The first-order valence-corrected chi connectivity index (χ1v) is 6.87. The van der Waals surface area contributed by atoms with Crippen molar-refractivity contribution in [2.45, 2.75) is 13.3 Å². The second-order valence-corrected chi connectivity index (χ2v) is 5.12. The van der Waals surface area contributed by atoms with E-state index in [9.17, 15) is 0 Å². The topological polar surface area (TPSA) is 54.2 Å². The molecular weight excluding hydrogens is 236 g/mol. The van der Waals surface area contributed by atoms with Crippen LogP contribution in [0.1, 0.15) is 12.0 Å². The molecule has 2 heterocycles. The van der Waals surface area contributed by atoms with Gasteiger partial charge in [0.1, 0.15) is 5.82 Å². The van der Waals surface area contributed by atoms with Crippen molar-refractivity contribution in [3.05, 3.63) is 30.0 Å². The molecule has 0 unspecified atom stereocenters. The zero-order valence-corrected chi connectivity index (χ0v) is 11.3. The molecular formula is C15H20N4. The van der Waals surface area contributed by atoms with Crippen molar-refractivity contribution in [3.63, 3.8) is 0 Å². The average Bonchev–Trinajstić information content (AvgIpc) is 2.71. The number of nitrogens with zero attached hydrogens (tertiary/aromatic N) is 2. The Kier molecular flexibility index (Phi) is 3.25. The lowest BCUT2D eigenvalue weighted by Crippen LogP contribution is -2.28. The van der Waals surface area contributed by atoms with Crippen molar-refractivity contribution in [3.8, 4) is 0 Å². The highest BCUT2D eigenvalue weighted by Gasteiger charge is 2.14. The van der Waals surface area contributed by atoms with Crippen LogP contribution in [0.5, 0.6) is 0 Å². The summed E-state index contributed by atoms with van der Waals surface area (Å²) in [6.07, 6.45) is 3.02. The van der Waals surface area contributed by atoms with Crippen LogP contribution in [0.3, 0.4) is 0 Å². The molecule has 0 atom stereocenters. The van der Waals surface area contributed by atoms with Gasteiger partial charge in [-0.3, -0.25) is 0 Å². The third kappa shape index (κ3) is 2.24. The minimum atomic E-state index is 0.870. The maximum absolute atomic E-state index is 6.19. The van der Waals surface area contributed by atoms with Gasteiger partial charge >= 0.3 is 0 Å². The lowest BCUT2D eigenvalue weighted by atomic mass is 10.1. The van der Waals surface area contributed by atoms with Gasteiger partial charge in [0.25, 0.3) is 0 Å². The molecule has 0 bridgehead atoms. The van der Waals surface area contributed by atoms with Crippen LogP contribution in [-0.2, 0) is 0 Å². The van der Waals surface area contributed by atoms with Crippen LogP contribution in [0.2, 0.25) is 0 Å². The van der Waals surface area contributed by atoms with E-state index < -0.39 is 0 Å². The van der Waals surface area contributed by atoms with Crippen LogP contribution < -0.4 is 16.0 Å². The number of nitrogens with one attached hydrogen (secondary N) is 1. The predicted octanol–water partition coefficient (Wildman–Crippen LogP) is 1.93. The van der Waals surface area contributed by atoms with E-state index in [0.29, 0.717) is 0 Å². The number of pyridine rings is 1. The Balaban J connectivity index is 2.10. The van der Waals surface area contributed by atoms with Gasteiger partial charge in [-0.15, -0.1) is 0 Å². The summed E-state index contributed by atoms with van der Waals surface area (Å²) in [6.45, 7) is 6.19. The van der Waals surface area contributed by atoms with Gasteiger partial charge < -0.3 is 16.0 Å². The van der Waals surface area contributed by atoms with Gasteiger partial charge in [-0.25, -0.2) is 4.98 Å². The fraction of sp³-hybridized carbons (Fsp3) is 0.400. The van der Waals surface area contributed by atoms with Gasteiger partial charge in [0.2, 0.25) is 0 Å². The number of benzene rings is 1. The largest absolute Gasteiger partial charge is 0.398 e. The molecule has 19 heavy (non-hydrogen) atoms. The van der Waals surface area contributed by atoms with Crippen molar-refractivity contribution in [2.24, 2.45) is 0 Å². The number of nitrogen functional groups attached to an aromatic ring is 1. The first-order chi connectivity index (χ1) is 9.27. The molecule has 2 aromatic rings. The molecule has 0 saturated carbocycles. The van der Waals surface area contributed by atoms with E-state index in [1.165, 1.54) is 0 Å². The number of nitrogens with two attached hydrogens (primary N) is 1. The van der Waals surface area contributed by atoms with Gasteiger partial charge in [-0.05, 0) is 31.5 Å². The van der Waals surface area contributed by atoms with Gasteiger partial charge in [0, 0.05) is 42.3 Å². The molecule has 4 heteroatoms. The third-order valence-electron chi connectivity index (χ3n) is 3.82. The molecule has 1 fully saturated rings. The number of aryl methyl sites for hydroxylation is 1. The normalized spacial score (nSPS) is 16.6. The SMILES string of the molecule is Cc1ccc2c(N3CCCNCC3)nccc2c1N. The third-order valence-corrected chi connectivity index (χ3v) is 3.82. The first kappa shape index (κ1) is 12.2. The molecule has 1 aromatic carbocycles. The van der Waals surface area contributed by atoms with Crippen LogP contribution in [0, 0.1) is 6.92 Å². The van der Waals surface area contributed by atoms with E-state index in [4.69, 9.17) is 5.73 Å². The number of hydrogen-bond acceptors (Lipinski definition) is 4. The van der Waals surface area contributed by atoms with Gasteiger partial charge in [-0.1, -0.05) is 12.1 Å². The quantitative estimate of drug-likeness (QED) is 0.765. The summed E-state index contributed by atoms with van der Waals surface area (Å²) < 4.78 is 0. The molecule has 0 spiro atoms. The predicted molar refractivity (Wildman–Crippen MR) is 80.6 cm³/mol. The van der Waals surface area contributed by atoms with Crippen molar-refractivity contribution < 1.29 is 0 Å². The molecule has 100 valence electrons. The minimum Gasteiger partial charge on any atom is -0.398 e. The molecule has 4 nitrogen and oxygen atoms in total. The average molecular weight is 256 g/mol. The number of fused-ring (bicyclic) bond motifs is 1. The molecule has 3 rings (SSSR count). The monoisotopic (exact) mass is 256 g/mol. The molecule has 0 radical (unpaired) electrons. The molecule has 1 aromatic heterocycles. The van der Waals surface area contributed by atoms with Crippen LogP contribution in [-0.4, -0.2) is 31.2 Å². The highest BCUT2D eigenvalue weighted by atomic mass is 15.2. The Morgan fingerprint density at radius 1 is 1.16 bits per heavy atom. The highest BCUT2D eigenvalue weighted by molar-refractivity contribution is 6.00. The van der Waals surface area contributed by atoms with Crippen LogP contribution in [0.4, 0.5) is 11.5 Å². The number of aromatic nitrogens is 1. The molecule has 1 aliphatic rings. The van der Waals surface area contributed by atoms with Crippen molar-refractivity contribution in [1.29, 1.82) is 0 Å². The zero-order valence-electron chi connectivity index (χ0n) is 11.3. The Morgan fingerprint density at radius 3 is 2.95 bits per heavy atom. The molecule has 0 amide bonds. The number of hydrogen-bond donors (Lipinski definition) is 2. The lowest BCUT2D eigenvalue weighted by Gasteiger charge is -2.23. The molecule has 1 aliphatic heterocycles. The summed E-state index contributed by atoms with van der Waals surface area (Å²) >= 11 is 0. The summed E-state index contributed by atoms with van der Waals surface area (Å²) in [7, 11) is 0. The summed E-state index contributed by atoms with van der Waals surface area (Å²) in [5, 5.41) is 5.69. The van der Waals surface area contributed by atoms with Crippen LogP contribution in [0.25, 0.3) is 10.8 Å². The standard InChI is InChI=1S/C15H20N4/c1-11-3-4-13-12(14(11)16)5-7-18-15(13)19-9-2-6-17-8-10-19/h3-5,7,17H,2,6,8-10,16H2,1H3. The summed E-state index contributed by atoms with van der Waals surface area (Å²) in [5.41, 5.74) is 8.19. The summed E-state index contributed by atoms with van der Waals surface area (Å²) in [4.78, 5) is 6.94. The Morgan fingerprint density at radius 2 is 2.05 bits per heavy atom. The maximum atomic E-state index is 6.19. The van der Waals surface area contributed by atoms with E-state index in [-0.39, 0.29) is 0 Å². The van der Waals surface area contributed by atoms with Crippen LogP contribution >= 0.6 is 0 Å². The van der Waals surface area contributed by atoms with Crippen molar-refractivity contribution >= 4 is 22.3 Å². The second-order valence-electron chi connectivity index (χ2n) is 5.12.